The maximum absolute atomic E-state index is 13.1. The summed E-state index contributed by atoms with van der Waals surface area (Å²) in [5.74, 6) is -0.188. The van der Waals surface area contributed by atoms with Gasteiger partial charge < -0.3 is 0 Å². The van der Waals surface area contributed by atoms with Crippen molar-refractivity contribution >= 4 is 0 Å². The highest BCUT2D eigenvalue weighted by Crippen LogP contribution is 2.20. The van der Waals surface area contributed by atoms with E-state index < -0.39 is 0 Å². The fourth-order valence-electron chi connectivity index (χ4n) is 1.83. The summed E-state index contributed by atoms with van der Waals surface area (Å²) in [6.45, 7) is 10.0. The first kappa shape index (κ1) is 13.4. The second-order valence-corrected chi connectivity index (χ2v) is 4.25. The van der Waals surface area contributed by atoms with Crippen LogP contribution in [0.1, 0.15) is 26.3 Å². The lowest BCUT2D eigenvalue weighted by Gasteiger charge is -2.10. The first-order valence-electron chi connectivity index (χ1n) is 5.77. The lowest BCUT2D eigenvalue weighted by atomic mass is 9.95. The van der Waals surface area contributed by atoms with Gasteiger partial charge in [-0.3, -0.25) is 0 Å². The molecule has 1 aromatic carbocycles. The largest absolute Gasteiger partial charge is 0.207 e. The molecule has 0 aliphatic heterocycles. The summed E-state index contributed by atoms with van der Waals surface area (Å²) in [5, 5.41) is 0. The van der Waals surface area contributed by atoms with E-state index in [0.29, 0.717) is 0 Å². The van der Waals surface area contributed by atoms with Gasteiger partial charge in [-0.15, -0.1) is 0 Å². The molecular weight excluding hydrogens is 211 g/mol. The topological polar surface area (TPSA) is 0 Å². The minimum Gasteiger partial charge on any atom is -0.207 e. The van der Waals surface area contributed by atoms with Gasteiger partial charge in [-0.05, 0) is 56.0 Å². The van der Waals surface area contributed by atoms with E-state index in [-0.39, 0.29) is 5.82 Å². The number of rotatable bonds is 4. The summed E-state index contributed by atoms with van der Waals surface area (Å²) >= 11 is 0. The Kier molecular flexibility index (Phi) is 4.89. The first-order chi connectivity index (χ1) is 8.04. The van der Waals surface area contributed by atoms with Gasteiger partial charge in [-0.2, -0.15) is 0 Å². The Morgan fingerprint density at radius 3 is 2.59 bits per heavy atom. The molecule has 0 saturated heterocycles. The van der Waals surface area contributed by atoms with E-state index in [9.17, 15) is 4.39 Å². The zero-order valence-electron chi connectivity index (χ0n) is 10.8. The van der Waals surface area contributed by atoms with Gasteiger partial charge in [-0.1, -0.05) is 36.4 Å². The lowest BCUT2D eigenvalue weighted by Crippen LogP contribution is -1.95. The summed E-state index contributed by atoms with van der Waals surface area (Å²) in [6, 6.07) is 6.72. The van der Waals surface area contributed by atoms with Gasteiger partial charge in [0.05, 0.1) is 0 Å². The van der Waals surface area contributed by atoms with Gasteiger partial charge in [0.25, 0.3) is 0 Å². The zero-order chi connectivity index (χ0) is 12.8. The minimum atomic E-state index is -0.188. The molecule has 0 amide bonds. The van der Waals surface area contributed by atoms with Crippen LogP contribution in [0.2, 0.25) is 0 Å². The second kappa shape index (κ2) is 6.19. The van der Waals surface area contributed by atoms with Gasteiger partial charge in [-0.25, -0.2) is 4.39 Å². The average Bonchev–Trinajstić information content (AvgIpc) is 2.26. The van der Waals surface area contributed by atoms with Gasteiger partial charge in [0.1, 0.15) is 5.82 Å². The highest BCUT2D eigenvalue weighted by molar-refractivity contribution is 5.40. The number of halogens is 1. The van der Waals surface area contributed by atoms with E-state index in [2.05, 4.69) is 19.6 Å². The van der Waals surface area contributed by atoms with Crippen LogP contribution in [0.25, 0.3) is 0 Å². The summed E-state index contributed by atoms with van der Waals surface area (Å²) in [5.41, 5.74) is 4.37. The van der Waals surface area contributed by atoms with Crippen molar-refractivity contribution < 1.29 is 4.39 Å². The standard InChI is InChI=1S/C16H19F/c1-5-7-13(4)16(12(2)3)11-14-8-6-9-15(17)10-14/h5-10H,2,11H2,1,3-4H3/b7-5-,16-13-. The SMILES string of the molecule is C=C(C)/C(Cc1cccc(F)c1)=C(C)\C=C/C. The molecule has 0 nitrogen and oxygen atoms in total. The van der Waals surface area contributed by atoms with E-state index >= 15 is 0 Å². The molecule has 0 aromatic heterocycles. The van der Waals surface area contributed by atoms with Crippen molar-refractivity contribution in [2.75, 3.05) is 0 Å². The van der Waals surface area contributed by atoms with Gasteiger partial charge in [0.15, 0.2) is 0 Å². The van der Waals surface area contributed by atoms with E-state index in [1.54, 1.807) is 12.1 Å². The summed E-state index contributed by atoms with van der Waals surface area (Å²) < 4.78 is 13.1. The van der Waals surface area contributed by atoms with Crippen molar-refractivity contribution in [3.63, 3.8) is 0 Å². The van der Waals surface area contributed by atoms with Gasteiger partial charge >= 0.3 is 0 Å². The monoisotopic (exact) mass is 230 g/mol. The second-order valence-electron chi connectivity index (χ2n) is 4.25. The molecule has 0 bridgehead atoms. The third-order valence-corrected chi connectivity index (χ3v) is 2.68. The van der Waals surface area contributed by atoms with Crippen molar-refractivity contribution in [3.8, 4) is 0 Å². The van der Waals surface area contributed by atoms with Crippen LogP contribution in [0.4, 0.5) is 4.39 Å². The molecule has 0 unspecified atom stereocenters. The molecule has 0 spiro atoms. The van der Waals surface area contributed by atoms with Crippen molar-refractivity contribution in [1.29, 1.82) is 0 Å². The average molecular weight is 230 g/mol. The molecule has 0 atom stereocenters. The molecule has 1 heteroatoms. The lowest BCUT2D eigenvalue weighted by molar-refractivity contribution is 0.626. The van der Waals surface area contributed by atoms with E-state index in [4.69, 9.17) is 0 Å². The molecule has 0 heterocycles. The Hall–Kier alpha value is -1.63. The Balaban J connectivity index is 3.04. The maximum Gasteiger partial charge on any atom is 0.123 e. The predicted octanol–water partition coefficient (Wildman–Crippen LogP) is 4.84. The van der Waals surface area contributed by atoms with Gasteiger partial charge in [0, 0.05) is 0 Å². The normalized spacial score (nSPS) is 12.7. The summed E-state index contributed by atoms with van der Waals surface area (Å²) in [6.07, 6.45) is 4.79. The number of hydrogen-bond donors (Lipinski definition) is 0. The smallest absolute Gasteiger partial charge is 0.123 e. The van der Waals surface area contributed by atoms with Crippen LogP contribution in [0.5, 0.6) is 0 Å². The Morgan fingerprint density at radius 1 is 1.35 bits per heavy atom. The molecule has 0 aliphatic carbocycles. The van der Waals surface area contributed by atoms with Crippen molar-refractivity contribution in [1.82, 2.24) is 0 Å². The summed E-state index contributed by atoms with van der Waals surface area (Å²) in [7, 11) is 0. The Bertz CT molecular complexity index is 464. The van der Waals surface area contributed by atoms with Crippen LogP contribution < -0.4 is 0 Å². The summed E-state index contributed by atoms with van der Waals surface area (Å²) in [4.78, 5) is 0. The molecule has 17 heavy (non-hydrogen) atoms. The number of benzene rings is 1. The number of hydrogen-bond acceptors (Lipinski definition) is 0. The predicted molar refractivity (Wildman–Crippen MR) is 72.4 cm³/mol. The van der Waals surface area contributed by atoms with Crippen LogP contribution in [0, 0.1) is 5.82 Å². The van der Waals surface area contributed by atoms with Crippen LogP contribution >= 0.6 is 0 Å². The van der Waals surface area contributed by atoms with E-state index in [1.165, 1.54) is 17.2 Å². The fraction of sp³-hybridized carbons (Fsp3) is 0.250. The Morgan fingerprint density at radius 2 is 2.06 bits per heavy atom. The third kappa shape index (κ3) is 4.03. The molecule has 0 radical (unpaired) electrons. The molecule has 1 rings (SSSR count). The first-order valence-corrected chi connectivity index (χ1v) is 5.77. The highest BCUT2D eigenvalue weighted by Gasteiger charge is 2.04. The van der Waals surface area contributed by atoms with E-state index in [0.717, 1.165) is 17.6 Å². The van der Waals surface area contributed by atoms with Crippen molar-refractivity contribution in [2.24, 2.45) is 0 Å². The molecule has 1 aromatic rings. The van der Waals surface area contributed by atoms with Crippen LogP contribution in [0.15, 0.2) is 59.7 Å². The van der Waals surface area contributed by atoms with Crippen LogP contribution in [0.3, 0.4) is 0 Å². The van der Waals surface area contributed by atoms with Crippen molar-refractivity contribution in [3.05, 3.63) is 71.1 Å². The fourth-order valence-corrected chi connectivity index (χ4v) is 1.83. The number of allylic oxidation sites excluding steroid dienone is 5. The maximum atomic E-state index is 13.1. The molecule has 90 valence electrons. The quantitative estimate of drug-likeness (QED) is 0.649. The van der Waals surface area contributed by atoms with Crippen LogP contribution in [-0.4, -0.2) is 0 Å². The van der Waals surface area contributed by atoms with Gasteiger partial charge in [0.2, 0.25) is 0 Å². The minimum absolute atomic E-state index is 0.188. The Labute approximate surface area is 103 Å². The highest BCUT2D eigenvalue weighted by atomic mass is 19.1. The van der Waals surface area contributed by atoms with Crippen LogP contribution in [-0.2, 0) is 6.42 Å². The third-order valence-electron chi connectivity index (χ3n) is 2.68. The van der Waals surface area contributed by atoms with Crippen molar-refractivity contribution in [2.45, 2.75) is 27.2 Å². The molecule has 0 saturated carbocycles. The molecule has 0 N–H and O–H groups in total. The molecule has 0 aliphatic rings. The van der Waals surface area contributed by atoms with E-state index in [1.807, 2.05) is 26.0 Å². The molecule has 0 fully saturated rings. The molecular formula is C16H19F. The zero-order valence-corrected chi connectivity index (χ0v) is 10.8.